The molecule has 0 unspecified atom stereocenters. The van der Waals surface area contributed by atoms with E-state index in [1.807, 2.05) is 25.5 Å². The number of amides is 1. The third-order valence-electron chi connectivity index (χ3n) is 4.06. The lowest BCUT2D eigenvalue weighted by atomic mass is 10.1. The molecule has 22 heavy (non-hydrogen) atoms. The summed E-state index contributed by atoms with van der Waals surface area (Å²) < 4.78 is 7.39. The molecule has 0 atom stereocenters. The molecule has 0 saturated heterocycles. The zero-order chi connectivity index (χ0) is 15.9. The minimum Gasteiger partial charge on any atom is -0.444 e. The Morgan fingerprint density at radius 2 is 2.14 bits per heavy atom. The number of carbonyl (C=O) groups excluding carboxylic acids is 2. The van der Waals surface area contributed by atoms with Crippen molar-refractivity contribution in [1.29, 1.82) is 0 Å². The molecule has 1 saturated carbocycles. The molecule has 0 aromatic carbocycles. The maximum atomic E-state index is 12.2. The number of nitrogens with zero attached hydrogens (tertiary/aromatic N) is 3. The number of rotatable bonds is 3. The zero-order valence-corrected chi connectivity index (χ0v) is 13.5. The van der Waals surface area contributed by atoms with Gasteiger partial charge in [-0.1, -0.05) is 0 Å². The maximum absolute atomic E-state index is 12.2. The van der Waals surface area contributed by atoms with E-state index in [-0.39, 0.29) is 6.09 Å². The SMILES string of the molecule is CC(C)(C)OC(=O)N1CCc2c(c(C=O)nn2CC2CC2)C1. The number of aromatic nitrogens is 2. The van der Waals surface area contributed by atoms with Crippen LogP contribution < -0.4 is 0 Å². The van der Waals surface area contributed by atoms with E-state index in [1.165, 1.54) is 12.8 Å². The third kappa shape index (κ3) is 3.15. The van der Waals surface area contributed by atoms with Gasteiger partial charge in [0, 0.05) is 30.8 Å². The summed E-state index contributed by atoms with van der Waals surface area (Å²) in [7, 11) is 0. The highest BCUT2D eigenvalue weighted by atomic mass is 16.6. The number of fused-ring (bicyclic) bond motifs is 1. The van der Waals surface area contributed by atoms with Gasteiger partial charge in [-0.15, -0.1) is 0 Å². The van der Waals surface area contributed by atoms with Crippen molar-refractivity contribution in [2.45, 2.75) is 58.7 Å². The second-order valence-electron chi connectivity index (χ2n) is 7.21. The van der Waals surface area contributed by atoms with Gasteiger partial charge in [-0.2, -0.15) is 5.10 Å². The van der Waals surface area contributed by atoms with Gasteiger partial charge in [-0.3, -0.25) is 9.48 Å². The van der Waals surface area contributed by atoms with Gasteiger partial charge in [0.1, 0.15) is 11.3 Å². The predicted octanol–water partition coefficient (Wildman–Crippen LogP) is 2.40. The van der Waals surface area contributed by atoms with E-state index in [0.29, 0.717) is 24.7 Å². The van der Waals surface area contributed by atoms with E-state index in [4.69, 9.17) is 4.74 Å². The van der Waals surface area contributed by atoms with E-state index in [9.17, 15) is 9.59 Å². The quantitative estimate of drug-likeness (QED) is 0.804. The van der Waals surface area contributed by atoms with Crippen molar-refractivity contribution < 1.29 is 14.3 Å². The molecular formula is C16H23N3O3. The van der Waals surface area contributed by atoms with Crippen molar-refractivity contribution in [1.82, 2.24) is 14.7 Å². The molecule has 2 aliphatic rings. The monoisotopic (exact) mass is 305 g/mol. The molecule has 0 spiro atoms. The smallest absolute Gasteiger partial charge is 0.410 e. The van der Waals surface area contributed by atoms with Crippen LogP contribution in [0.2, 0.25) is 0 Å². The van der Waals surface area contributed by atoms with Crippen molar-refractivity contribution in [2.75, 3.05) is 6.54 Å². The summed E-state index contributed by atoms with van der Waals surface area (Å²) in [4.78, 5) is 25.2. The van der Waals surface area contributed by atoms with Crippen LogP contribution in [-0.4, -0.2) is 39.2 Å². The predicted molar refractivity (Wildman–Crippen MR) is 80.7 cm³/mol. The van der Waals surface area contributed by atoms with Gasteiger partial charge in [-0.25, -0.2) is 4.79 Å². The molecule has 1 aliphatic carbocycles. The molecule has 0 bridgehead atoms. The van der Waals surface area contributed by atoms with Gasteiger partial charge in [0.15, 0.2) is 6.29 Å². The fourth-order valence-electron chi connectivity index (χ4n) is 2.79. The lowest BCUT2D eigenvalue weighted by molar-refractivity contribution is 0.0222. The number of carbonyl (C=O) groups is 2. The topological polar surface area (TPSA) is 64.4 Å². The molecule has 0 radical (unpaired) electrons. The Morgan fingerprint density at radius 1 is 1.41 bits per heavy atom. The molecule has 1 aliphatic heterocycles. The van der Waals surface area contributed by atoms with Crippen molar-refractivity contribution in [3.63, 3.8) is 0 Å². The van der Waals surface area contributed by atoms with Gasteiger partial charge in [-0.05, 0) is 39.5 Å². The second-order valence-corrected chi connectivity index (χ2v) is 7.21. The van der Waals surface area contributed by atoms with Crippen molar-refractivity contribution in [2.24, 2.45) is 5.92 Å². The highest BCUT2D eigenvalue weighted by Gasteiger charge is 2.31. The van der Waals surface area contributed by atoms with Crippen molar-refractivity contribution >= 4 is 12.4 Å². The fourth-order valence-corrected chi connectivity index (χ4v) is 2.79. The third-order valence-corrected chi connectivity index (χ3v) is 4.06. The number of ether oxygens (including phenoxy) is 1. The highest BCUT2D eigenvalue weighted by molar-refractivity contribution is 5.76. The first-order valence-electron chi connectivity index (χ1n) is 7.89. The Labute approximate surface area is 130 Å². The van der Waals surface area contributed by atoms with Gasteiger partial charge in [0.05, 0.1) is 6.54 Å². The van der Waals surface area contributed by atoms with E-state index in [1.54, 1.807) is 4.90 Å². The fraction of sp³-hybridized carbons (Fsp3) is 0.688. The Balaban J connectivity index is 1.78. The van der Waals surface area contributed by atoms with Gasteiger partial charge < -0.3 is 9.64 Å². The first-order valence-corrected chi connectivity index (χ1v) is 7.89. The average Bonchev–Trinajstić information content (AvgIpc) is 3.18. The molecular weight excluding hydrogens is 282 g/mol. The average molecular weight is 305 g/mol. The second kappa shape index (κ2) is 5.41. The molecule has 6 heteroatoms. The van der Waals surface area contributed by atoms with Crippen LogP contribution in [0.5, 0.6) is 0 Å². The van der Waals surface area contributed by atoms with E-state index in [2.05, 4.69) is 5.10 Å². The number of aldehydes is 1. The normalized spacial score (nSPS) is 18.0. The molecule has 1 amide bonds. The maximum Gasteiger partial charge on any atom is 0.410 e. The molecule has 3 rings (SSSR count). The van der Waals surface area contributed by atoms with Gasteiger partial charge in [0.25, 0.3) is 0 Å². The van der Waals surface area contributed by atoms with Crippen molar-refractivity contribution in [3.8, 4) is 0 Å². The van der Waals surface area contributed by atoms with Crippen LogP contribution in [0.15, 0.2) is 0 Å². The standard InChI is InChI=1S/C16H23N3O3/c1-16(2,3)22-15(21)18-7-6-14-12(9-18)13(10-20)17-19(14)8-11-4-5-11/h10-11H,4-9H2,1-3H3. The first-order chi connectivity index (χ1) is 10.4. The number of hydrogen-bond donors (Lipinski definition) is 0. The number of hydrogen-bond acceptors (Lipinski definition) is 4. The molecule has 2 heterocycles. The largest absolute Gasteiger partial charge is 0.444 e. The molecule has 0 N–H and O–H groups in total. The summed E-state index contributed by atoms with van der Waals surface area (Å²) in [5.41, 5.74) is 1.94. The summed E-state index contributed by atoms with van der Waals surface area (Å²) >= 11 is 0. The summed E-state index contributed by atoms with van der Waals surface area (Å²) in [6, 6.07) is 0. The Bertz CT molecular complexity index is 597. The molecule has 1 aromatic heterocycles. The van der Waals surface area contributed by atoms with Crippen LogP contribution in [0.4, 0.5) is 4.79 Å². The minimum atomic E-state index is -0.513. The lowest BCUT2D eigenvalue weighted by Crippen LogP contribution is -2.40. The van der Waals surface area contributed by atoms with Crippen LogP contribution in [0.3, 0.4) is 0 Å². The van der Waals surface area contributed by atoms with E-state index >= 15 is 0 Å². The van der Waals surface area contributed by atoms with Crippen LogP contribution >= 0.6 is 0 Å². The summed E-state index contributed by atoms with van der Waals surface area (Å²) in [6.07, 6.45) is 3.68. The van der Waals surface area contributed by atoms with E-state index < -0.39 is 5.60 Å². The summed E-state index contributed by atoms with van der Waals surface area (Å²) in [6.45, 7) is 7.46. The first kappa shape index (κ1) is 15.1. The highest BCUT2D eigenvalue weighted by Crippen LogP contribution is 2.32. The van der Waals surface area contributed by atoms with Gasteiger partial charge in [0.2, 0.25) is 0 Å². The van der Waals surface area contributed by atoms with Crippen LogP contribution in [-0.2, 0) is 24.2 Å². The van der Waals surface area contributed by atoms with Crippen LogP contribution in [0, 0.1) is 5.92 Å². The zero-order valence-electron chi connectivity index (χ0n) is 13.5. The Kier molecular flexibility index (Phi) is 3.70. The lowest BCUT2D eigenvalue weighted by Gasteiger charge is -2.30. The van der Waals surface area contributed by atoms with E-state index in [0.717, 1.165) is 30.5 Å². The molecule has 6 nitrogen and oxygen atoms in total. The Hall–Kier alpha value is -1.85. The molecule has 1 fully saturated rings. The van der Waals surface area contributed by atoms with Crippen molar-refractivity contribution in [3.05, 3.63) is 17.0 Å². The Morgan fingerprint density at radius 3 is 2.73 bits per heavy atom. The minimum absolute atomic E-state index is 0.329. The van der Waals surface area contributed by atoms with Crippen LogP contribution in [0.25, 0.3) is 0 Å². The molecule has 120 valence electrons. The molecule has 1 aromatic rings. The summed E-state index contributed by atoms with van der Waals surface area (Å²) in [5, 5.41) is 4.43. The van der Waals surface area contributed by atoms with Crippen LogP contribution in [0.1, 0.15) is 55.4 Å². The van der Waals surface area contributed by atoms with Gasteiger partial charge >= 0.3 is 6.09 Å². The summed E-state index contributed by atoms with van der Waals surface area (Å²) in [5.74, 6) is 0.701.